The quantitative estimate of drug-likeness (QED) is 0.417. The summed E-state index contributed by atoms with van der Waals surface area (Å²) < 4.78 is 30.6. The number of ketones is 1. The van der Waals surface area contributed by atoms with Gasteiger partial charge in [0.25, 0.3) is 0 Å². The van der Waals surface area contributed by atoms with Gasteiger partial charge in [-0.1, -0.05) is 13.3 Å². The molecule has 0 saturated carbocycles. The molecule has 0 aliphatic rings. The molecule has 3 rings (SSSR count). The van der Waals surface area contributed by atoms with E-state index in [4.69, 9.17) is 4.42 Å². The fourth-order valence-corrected chi connectivity index (χ4v) is 4.79. The summed E-state index contributed by atoms with van der Waals surface area (Å²) in [5.41, 5.74) is 1.18. The van der Waals surface area contributed by atoms with Crippen LogP contribution < -0.4 is 0 Å². The Morgan fingerprint density at radius 3 is 2.36 bits per heavy atom. The third-order valence-electron chi connectivity index (χ3n) is 4.42. The number of fused-ring (bicyclic) bond motifs is 1. The maximum absolute atomic E-state index is 13.3. The molecule has 2 aromatic carbocycles. The van der Waals surface area contributed by atoms with E-state index < -0.39 is 9.84 Å². The second-order valence-electron chi connectivity index (χ2n) is 6.55. The van der Waals surface area contributed by atoms with Gasteiger partial charge in [0.1, 0.15) is 17.1 Å². The van der Waals surface area contributed by atoms with Crippen LogP contribution in [-0.2, 0) is 16.3 Å². The number of carbonyl (C=O) groups excluding carboxylic acids is 1. The summed E-state index contributed by atoms with van der Waals surface area (Å²) >= 11 is 6.48. The first-order valence-corrected chi connectivity index (χ1v) is 12.1. The summed E-state index contributed by atoms with van der Waals surface area (Å²) in [5, 5.41) is 10.4. The van der Waals surface area contributed by atoms with Gasteiger partial charge in [0.05, 0.1) is 19.4 Å². The van der Waals surface area contributed by atoms with Crippen LogP contribution in [0, 0.1) is 0 Å². The maximum Gasteiger partial charge on any atom is 0.197 e. The molecule has 0 fully saturated rings. The molecule has 0 aliphatic heterocycles. The monoisotopic (exact) mass is 528 g/mol. The van der Waals surface area contributed by atoms with Crippen molar-refractivity contribution in [3.05, 3.63) is 56.2 Å². The first-order chi connectivity index (χ1) is 13.1. The predicted molar refractivity (Wildman–Crippen MR) is 115 cm³/mol. The van der Waals surface area contributed by atoms with Crippen LogP contribution in [0.5, 0.6) is 5.75 Å². The van der Waals surface area contributed by atoms with E-state index in [0.717, 1.165) is 19.1 Å². The van der Waals surface area contributed by atoms with Crippen LogP contribution in [0.1, 0.15) is 41.4 Å². The normalized spacial score (nSPS) is 11.9. The van der Waals surface area contributed by atoms with Crippen LogP contribution in [0.4, 0.5) is 0 Å². The van der Waals surface area contributed by atoms with Crippen LogP contribution >= 0.6 is 31.9 Å². The molecule has 5 nitrogen and oxygen atoms in total. The van der Waals surface area contributed by atoms with Crippen molar-refractivity contribution < 1.29 is 22.7 Å². The van der Waals surface area contributed by atoms with Gasteiger partial charge in [-0.05, 0) is 68.6 Å². The lowest BCUT2D eigenvalue weighted by molar-refractivity contribution is 0.103. The zero-order valence-corrected chi connectivity index (χ0v) is 19.2. The summed E-state index contributed by atoms with van der Waals surface area (Å²) in [4.78, 5) is 13.5. The van der Waals surface area contributed by atoms with E-state index in [1.54, 1.807) is 6.07 Å². The van der Waals surface area contributed by atoms with Crippen LogP contribution in [-0.4, -0.2) is 25.6 Å². The number of phenolic OH excluding ortho intramolecular Hbond substituents is 1. The molecule has 0 amide bonds. The van der Waals surface area contributed by atoms with E-state index in [1.807, 2.05) is 6.92 Å². The van der Waals surface area contributed by atoms with Crippen molar-refractivity contribution in [1.82, 2.24) is 0 Å². The van der Waals surface area contributed by atoms with Crippen molar-refractivity contribution in [3.63, 3.8) is 0 Å². The Labute approximate surface area is 179 Å². The topological polar surface area (TPSA) is 84.6 Å². The van der Waals surface area contributed by atoms with Crippen LogP contribution in [0.25, 0.3) is 11.0 Å². The lowest BCUT2D eigenvalue weighted by Crippen LogP contribution is -2.05. The Bertz CT molecular complexity index is 1160. The van der Waals surface area contributed by atoms with Gasteiger partial charge in [0.2, 0.25) is 0 Å². The number of furan rings is 1. The van der Waals surface area contributed by atoms with E-state index in [2.05, 4.69) is 31.9 Å². The lowest BCUT2D eigenvalue weighted by atomic mass is 9.98. The van der Waals surface area contributed by atoms with Crippen molar-refractivity contribution in [3.8, 4) is 5.75 Å². The zero-order chi connectivity index (χ0) is 20.6. The fraction of sp³-hybridized carbons (Fsp3) is 0.250. The number of benzene rings is 2. The van der Waals surface area contributed by atoms with Gasteiger partial charge < -0.3 is 9.52 Å². The van der Waals surface area contributed by atoms with Crippen LogP contribution in [0.2, 0.25) is 0 Å². The predicted octanol–water partition coefficient (Wildman–Crippen LogP) is 5.64. The molecule has 0 spiro atoms. The highest BCUT2D eigenvalue weighted by Crippen LogP contribution is 2.36. The number of sulfone groups is 1. The molecule has 0 unspecified atom stereocenters. The number of aromatic hydroxyl groups is 1. The van der Waals surface area contributed by atoms with Gasteiger partial charge in [-0.2, -0.15) is 0 Å². The number of aryl methyl sites for hydroxylation is 1. The number of rotatable bonds is 6. The molecule has 0 bridgehead atoms. The Balaban J connectivity index is 2.25. The molecule has 3 aromatic rings. The summed E-state index contributed by atoms with van der Waals surface area (Å²) in [7, 11) is -3.43. The van der Waals surface area contributed by atoms with Gasteiger partial charge in [-0.15, -0.1) is 0 Å². The summed E-state index contributed by atoms with van der Waals surface area (Å²) in [6.07, 6.45) is 3.46. The standard InChI is InChI=1S/C20H18Br2O5S/c1-3-4-5-17-18(19(23)11-8-14(21)20(24)15(22)9-11)13-10-12(28(2,25)26)6-7-16(13)27-17/h6-10,24H,3-5H2,1-2H3. The van der Waals surface area contributed by atoms with Gasteiger partial charge in [-0.25, -0.2) is 8.42 Å². The molecule has 0 radical (unpaired) electrons. The van der Waals surface area contributed by atoms with Crippen LogP contribution in [0.15, 0.2) is 48.6 Å². The highest BCUT2D eigenvalue weighted by atomic mass is 79.9. The molecule has 1 heterocycles. The molecule has 8 heteroatoms. The molecule has 1 N–H and O–H groups in total. The minimum absolute atomic E-state index is 0.000768. The smallest absolute Gasteiger partial charge is 0.197 e. The first-order valence-electron chi connectivity index (χ1n) is 8.61. The highest BCUT2D eigenvalue weighted by Gasteiger charge is 2.24. The number of phenols is 1. The second kappa shape index (κ2) is 8.00. The van der Waals surface area contributed by atoms with Gasteiger partial charge in [0.15, 0.2) is 15.6 Å². The molecule has 0 saturated heterocycles. The number of hydrogen-bond donors (Lipinski definition) is 1. The molecule has 28 heavy (non-hydrogen) atoms. The van der Waals surface area contributed by atoms with Crippen molar-refractivity contribution in [2.24, 2.45) is 0 Å². The summed E-state index contributed by atoms with van der Waals surface area (Å²) in [6.45, 7) is 2.04. The molecule has 0 aliphatic carbocycles. The third kappa shape index (κ3) is 4.04. The van der Waals surface area contributed by atoms with E-state index in [-0.39, 0.29) is 16.4 Å². The van der Waals surface area contributed by atoms with E-state index in [9.17, 15) is 18.3 Å². The Morgan fingerprint density at radius 1 is 1.14 bits per heavy atom. The van der Waals surface area contributed by atoms with E-state index >= 15 is 0 Å². The average Bonchev–Trinajstić information content (AvgIpc) is 3.00. The Morgan fingerprint density at radius 2 is 1.79 bits per heavy atom. The highest BCUT2D eigenvalue weighted by molar-refractivity contribution is 9.11. The third-order valence-corrected chi connectivity index (χ3v) is 6.74. The van der Waals surface area contributed by atoms with Gasteiger partial charge in [-0.3, -0.25) is 4.79 Å². The molecular formula is C20H18Br2O5S. The zero-order valence-electron chi connectivity index (χ0n) is 15.3. The van der Waals surface area contributed by atoms with Crippen molar-refractivity contribution >= 4 is 58.4 Å². The van der Waals surface area contributed by atoms with E-state index in [1.165, 1.54) is 24.3 Å². The second-order valence-corrected chi connectivity index (χ2v) is 10.3. The average molecular weight is 530 g/mol. The fourth-order valence-electron chi connectivity index (χ4n) is 2.96. The number of unbranched alkanes of at least 4 members (excludes halogenated alkanes) is 1. The van der Waals surface area contributed by atoms with E-state index in [0.29, 0.717) is 43.2 Å². The van der Waals surface area contributed by atoms with Crippen molar-refractivity contribution in [1.29, 1.82) is 0 Å². The number of carbonyl (C=O) groups is 1. The molecular weight excluding hydrogens is 512 g/mol. The number of halogens is 2. The SMILES string of the molecule is CCCCc1oc2ccc(S(C)(=O)=O)cc2c1C(=O)c1cc(Br)c(O)c(Br)c1. The Kier molecular flexibility index (Phi) is 6.03. The lowest BCUT2D eigenvalue weighted by Gasteiger charge is -2.07. The molecule has 0 atom stereocenters. The number of hydrogen-bond acceptors (Lipinski definition) is 5. The largest absolute Gasteiger partial charge is 0.506 e. The van der Waals surface area contributed by atoms with Crippen molar-refractivity contribution in [2.75, 3.05) is 6.26 Å². The maximum atomic E-state index is 13.3. The Hall–Kier alpha value is -1.64. The first kappa shape index (κ1) is 21.1. The summed E-state index contributed by atoms with van der Waals surface area (Å²) in [5.74, 6) is 0.240. The molecule has 1 aromatic heterocycles. The minimum atomic E-state index is -3.43. The summed E-state index contributed by atoms with van der Waals surface area (Å²) in [6, 6.07) is 7.62. The minimum Gasteiger partial charge on any atom is -0.506 e. The van der Waals surface area contributed by atoms with Gasteiger partial charge >= 0.3 is 0 Å². The van der Waals surface area contributed by atoms with Crippen LogP contribution in [0.3, 0.4) is 0 Å². The van der Waals surface area contributed by atoms with Crippen molar-refractivity contribution in [2.45, 2.75) is 31.1 Å². The molecule has 148 valence electrons. The van der Waals surface area contributed by atoms with Gasteiger partial charge in [0, 0.05) is 23.6 Å².